The number of halogens is 3. The average Bonchev–Trinajstić information content (AvgIpc) is 2.76. The molecule has 0 atom stereocenters. The second-order valence-electron chi connectivity index (χ2n) is 7.94. The normalized spacial score (nSPS) is 13.0. The largest absolute Gasteiger partial charge is 0.481 e. The molecule has 1 aliphatic carbocycles. The van der Waals surface area contributed by atoms with E-state index in [0.717, 1.165) is 5.56 Å². The third-order valence-corrected chi connectivity index (χ3v) is 5.57. The molecule has 0 amide bonds. The number of aliphatic carboxylic acids is 1. The van der Waals surface area contributed by atoms with Gasteiger partial charge in [0.05, 0.1) is 0 Å². The van der Waals surface area contributed by atoms with Crippen LogP contribution in [0.3, 0.4) is 0 Å². The molecule has 0 saturated heterocycles. The Hall–Kier alpha value is -2.67. The summed E-state index contributed by atoms with van der Waals surface area (Å²) in [4.78, 5) is 45.0. The average molecular weight is 499 g/mol. The summed E-state index contributed by atoms with van der Waals surface area (Å²) < 4.78 is 25.2. The highest BCUT2D eigenvalue weighted by atomic mass is 35.5. The Morgan fingerprint density at radius 1 is 1.06 bits per heavy atom. The molecule has 1 N–H and O–H groups in total. The van der Waals surface area contributed by atoms with Crippen molar-refractivity contribution in [3.63, 3.8) is 0 Å². The first-order valence-electron chi connectivity index (χ1n) is 11.0. The minimum Gasteiger partial charge on any atom is -0.481 e. The zero-order chi connectivity index (χ0) is 26.6. The lowest BCUT2D eigenvalue weighted by Crippen LogP contribution is -2.43. The van der Waals surface area contributed by atoms with Gasteiger partial charge in [-0.05, 0) is 69.4 Å². The number of carbonyl (C=O) groups excluding carboxylic acids is 3. The molecule has 0 aliphatic heterocycles. The number of ketones is 3. The first-order chi connectivity index (χ1) is 15.7. The van der Waals surface area contributed by atoms with Gasteiger partial charge in [-0.2, -0.15) is 0 Å². The van der Waals surface area contributed by atoms with Crippen LogP contribution in [0.25, 0.3) is 0 Å². The summed E-state index contributed by atoms with van der Waals surface area (Å²) in [6, 6.07) is 5.04. The standard InChI is InChI=1S/C15H17ClO3.C8H10F2.C3H6O2/c1-9-5-6-13(16)7-14(9)15(11(3)18,12(4)19)8-10(2)17;1-2-6-4-3-5-7(9)8(6)10;1-2-3(4)5/h5-7H,8H2,1-4H3;4H,2-3,5H2,1H3;2H2,1H3,(H,4,5). The lowest BCUT2D eigenvalue weighted by molar-refractivity contribution is -0.137. The van der Waals surface area contributed by atoms with Gasteiger partial charge in [-0.25, -0.2) is 8.78 Å². The molecule has 0 aromatic heterocycles. The lowest BCUT2D eigenvalue weighted by Gasteiger charge is -2.29. The van der Waals surface area contributed by atoms with Crippen molar-refractivity contribution in [3.8, 4) is 0 Å². The van der Waals surface area contributed by atoms with Gasteiger partial charge in [-0.1, -0.05) is 37.6 Å². The summed E-state index contributed by atoms with van der Waals surface area (Å²) in [5.41, 5.74) is 0.399. The molecule has 0 fully saturated rings. The number of hydrogen-bond donors (Lipinski definition) is 1. The van der Waals surface area contributed by atoms with Crippen LogP contribution in [0.5, 0.6) is 0 Å². The summed E-state index contributed by atoms with van der Waals surface area (Å²) in [6.45, 7) is 9.27. The van der Waals surface area contributed by atoms with Crippen LogP contribution in [0.1, 0.15) is 77.8 Å². The molecule has 0 saturated carbocycles. The summed E-state index contributed by atoms with van der Waals surface area (Å²) in [5, 5.41) is 8.16. The Balaban J connectivity index is 0.000000601. The summed E-state index contributed by atoms with van der Waals surface area (Å²) >= 11 is 5.96. The molecule has 1 aliphatic rings. The van der Waals surface area contributed by atoms with E-state index in [1.165, 1.54) is 20.8 Å². The maximum atomic E-state index is 12.7. The van der Waals surface area contributed by atoms with Gasteiger partial charge in [0, 0.05) is 24.3 Å². The van der Waals surface area contributed by atoms with Crippen LogP contribution >= 0.6 is 11.6 Å². The van der Waals surface area contributed by atoms with E-state index in [0.29, 0.717) is 29.0 Å². The van der Waals surface area contributed by atoms with Crippen molar-refractivity contribution >= 4 is 34.9 Å². The number of carboxylic acids is 1. The number of allylic oxidation sites excluding steroid dienone is 4. The second-order valence-corrected chi connectivity index (χ2v) is 8.38. The summed E-state index contributed by atoms with van der Waals surface area (Å²) in [7, 11) is 0. The van der Waals surface area contributed by atoms with E-state index >= 15 is 0 Å². The van der Waals surface area contributed by atoms with Crippen LogP contribution in [0, 0.1) is 6.92 Å². The minimum atomic E-state index is -1.42. The zero-order valence-corrected chi connectivity index (χ0v) is 21.3. The smallest absolute Gasteiger partial charge is 0.303 e. The molecule has 8 heteroatoms. The van der Waals surface area contributed by atoms with E-state index in [4.69, 9.17) is 16.7 Å². The van der Waals surface area contributed by atoms with E-state index in [1.54, 1.807) is 38.1 Å². The van der Waals surface area contributed by atoms with Crippen molar-refractivity contribution in [2.24, 2.45) is 0 Å². The minimum absolute atomic E-state index is 0.126. The number of benzene rings is 1. The molecule has 1 aromatic rings. The fraction of sp³-hybridized carbons (Fsp3) is 0.462. The Labute approximate surface area is 204 Å². The maximum Gasteiger partial charge on any atom is 0.303 e. The highest BCUT2D eigenvalue weighted by Gasteiger charge is 2.44. The molecule has 0 radical (unpaired) electrons. The Morgan fingerprint density at radius 3 is 1.97 bits per heavy atom. The molecule has 0 unspecified atom stereocenters. The highest BCUT2D eigenvalue weighted by molar-refractivity contribution is 6.30. The summed E-state index contributed by atoms with van der Waals surface area (Å²) in [6.07, 6.45) is 3.31. The van der Waals surface area contributed by atoms with Crippen LogP contribution in [-0.4, -0.2) is 28.4 Å². The van der Waals surface area contributed by atoms with Crippen molar-refractivity contribution in [1.29, 1.82) is 0 Å². The maximum absolute atomic E-state index is 12.7. The van der Waals surface area contributed by atoms with Gasteiger partial charge in [0.1, 0.15) is 28.6 Å². The van der Waals surface area contributed by atoms with E-state index < -0.39 is 23.0 Å². The van der Waals surface area contributed by atoms with E-state index in [1.807, 2.05) is 6.92 Å². The van der Waals surface area contributed by atoms with E-state index in [-0.39, 0.29) is 36.6 Å². The molecule has 34 heavy (non-hydrogen) atoms. The molecule has 0 heterocycles. The van der Waals surface area contributed by atoms with Crippen molar-refractivity contribution in [2.45, 2.75) is 79.1 Å². The van der Waals surface area contributed by atoms with Crippen LogP contribution in [-0.2, 0) is 24.6 Å². The van der Waals surface area contributed by atoms with Crippen LogP contribution in [0.15, 0.2) is 41.5 Å². The molecule has 2 rings (SSSR count). The molecule has 0 spiro atoms. The third-order valence-electron chi connectivity index (χ3n) is 5.33. The van der Waals surface area contributed by atoms with Crippen molar-refractivity contribution in [2.75, 3.05) is 0 Å². The van der Waals surface area contributed by atoms with Gasteiger partial charge < -0.3 is 5.11 Å². The SMILES string of the molecule is CC(=O)CC(C(C)=O)(C(C)=O)c1cc(Cl)ccc1C.CCC(=O)O.CCC1=CCCC(F)=C1F. The number of aryl methyl sites for hydroxylation is 1. The third kappa shape index (κ3) is 8.93. The van der Waals surface area contributed by atoms with Gasteiger partial charge in [0.25, 0.3) is 0 Å². The fourth-order valence-electron chi connectivity index (χ4n) is 3.45. The predicted molar refractivity (Wildman–Crippen MR) is 129 cm³/mol. The van der Waals surface area contributed by atoms with Crippen molar-refractivity contribution < 1.29 is 33.1 Å². The van der Waals surface area contributed by atoms with Crippen molar-refractivity contribution in [1.82, 2.24) is 0 Å². The van der Waals surface area contributed by atoms with Gasteiger partial charge >= 0.3 is 5.97 Å². The van der Waals surface area contributed by atoms with Crippen molar-refractivity contribution in [3.05, 3.63) is 57.7 Å². The van der Waals surface area contributed by atoms with Crippen LogP contribution in [0.2, 0.25) is 5.02 Å². The first kappa shape index (κ1) is 31.3. The number of rotatable bonds is 7. The van der Waals surface area contributed by atoms with Crippen LogP contribution < -0.4 is 0 Å². The van der Waals surface area contributed by atoms with Gasteiger partial charge in [-0.15, -0.1) is 0 Å². The Morgan fingerprint density at radius 2 is 1.59 bits per heavy atom. The van der Waals surface area contributed by atoms with E-state index in [9.17, 15) is 28.0 Å². The monoisotopic (exact) mass is 498 g/mol. The molecular weight excluding hydrogens is 466 g/mol. The fourth-order valence-corrected chi connectivity index (χ4v) is 3.62. The lowest BCUT2D eigenvalue weighted by atomic mass is 9.69. The quantitative estimate of drug-likeness (QED) is 0.418. The van der Waals surface area contributed by atoms with Gasteiger partial charge in [0.2, 0.25) is 0 Å². The van der Waals surface area contributed by atoms with Crippen LogP contribution in [0.4, 0.5) is 8.78 Å². The molecule has 188 valence electrons. The number of hydrogen-bond acceptors (Lipinski definition) is 4. The number of Topliss-reactive ketones (excluding diaryl/α,β-unsaturated/α-hetero) is 3. The zero-order valence-electron chi connectivity index (χ0n) is 20.6. The number of carboxylic acid groups (broad SMARTS) is 1. The molecular formula is C26H33ClF2O5. The van der Waals surface area contributed by atoms with Gasteiger partial charge in [0.15, 0.2) is 5.83 Å². The van der Waals surface area contributed by atoms with E-state index in [2.05, 4.69) is 0 Å². The highest BCUT2D eigenvalue weighted by Crippen LogP contribution is 2.35. The Bertz CT molecular complexity index is 965. The Kier molecular flexibility index (Phi) is 13.4. The predicted octanol–water partition coefficient (Wildman–Crippen LogP) is 6.79. The summed E-state index contributed by atoms with van der Waals surface area (Å²) in [5.74, 6) is -2.83. The molecule has 1 aromatic carbocycles. The number of carbonyl (C=O) groups is 4. The second kappa shape index (κ2) is 14.6. The van der Waals surface area contributed by atoms with Gasteiger partial charge in [-0.3, -0.25) is 19.2 Å². The topological polar surface area (TPSA) is 88.5 Å². The molecule has 5 nitrogen and oxygen atoms in total. The molecule has 0 bridgehead atoms. The first-order valence-corrected chi connectivity index (χ1v) is 11.4.